The Balaban J connectivity index is 0.000000490. The first kappa shape index (κ1) is 8.73. The van der Waals surface area contributed by atoms with E-state index in [4.69, 9.17) is 5.73 Å². The molecule has 0 aromatic rings. The predicted octanol–water partition coefficient (Wildman–Crippen LogP) is 0.897. The van der Waals surface area contributed by atoms with Crippen LogP contribution in [0.5, 0.6) is 0 Å². The van der Waals surface area contributed by atoms with Gasteiger partial charge in [-0.1, -0.05) is 19.3 Å². The molecule has 1 aliphatic rings. The van der Waals surface area contributed by atoms with Gasteiger partial charge in [-0.3, -0.25) is 0 Å². The van der Waals surface area contributed by atoms with Crippen LogP contribution < -0.4 is 5.73 Å². The molecule has 0 amide bonds. The fraction of sp³-hybridized carbons (Fsp3) is 1.00. The van der Waals surface area contributed by atoms with E-state index in [1.807, 2.05) is 0 Å². The molecule has 2 heteroatoms. The molecule has 0 aromatic carbocycles. The molecule has 1 rings (SSSR count). The minimum atomic E-state index is 0. The number of hydrogen-bond acceptors (Lipinski definition) is 1. The van der Waals surface area contributed by atoms with Gasteiger partial charge in [0, 0.05) is 29.1 Å². The van der Waals surface area contributed by atoms with E-state index in [2.05, 4.69) is 0 Å². The maximum absolute atomic E-state index is 5.63. The van der Waals surface area contributed by atoms with E-state index in [0.717, 1.165) is 0 Å². The molecular formula is C6H13MgN. The van der Waals surface area contributed by atoms with Gasteiger partial charge >= 0.3 is 0 Å². The Kier molecular flexibility index (Phi) is 5.01. The molecule has 0 saturated heterocycles. The highest BCUT2D eigenvalue weighted by Gasteiger charge is 2.06. The average molecular weight is 123 g/mol. The molecule has 0 atom stereocenters. The summed E-state index contributed by atoms with van der Waals surface area (Å²) >= 11 is 0. The van der Waals surface area contributed by atoms with E-state index in [1.54, 1.807) is 0 Å². The third-order valence-corrected chi connectivity index (χ3v) is 1.65. The van der Waals surface area contributed by atoms with E-state index in [0.29, 0.717) is 6.04 Å². The summed E-state index contributed by atoms with van der Waals surface area (Å²) in [6.07, 6.45) is 6.66. The Labute approximate surface area is 67.2 Å². The highest BCUT2D eigenvalue weighted by atomic mass is 24.3. The van der Waals surface area contributed by atoms with Crippen LogP contribution in [0.4, 0.5) is 0 Å². The molecule has 1 saturated carbocycles. The van der Waals surface area contributed by atoms with Gasteiger partial charge in [-0.25, -0.2) is 0 Å². The summed E-state index contributed by atoms with van der Waals surface area (Å²) in [5, 5.41) is 0. The van der Waals surface area contributed by atoms with Crippen molar-refractivity contribution in [3.8, 4) is 0 Å². The van der Waals surface area contributed by atoms with Crippen molar-refractivity contribution in [2.45, 2.75) is 38.1 Å². The van der Waals surface area contributed by atoms with Crippen LogP contribution >= 0.6 is 0 Å². The van der Waals surface area contributed by atoms with E-state index >= 15 is 0 Å². The highest BCUT2D eigenvalue weighted by Crippen LogP contribution is 2.14. The van der Waals surface area contributed by atoms with Crippen LogP contribution in [0.1, 0.15) is 32.1 Å². The molecule has 1 nitrogen and oxygen atoms in total. The molecule has 0 spiro atoms. The minimum absolute atomic E-state index is 0. The van der Waals surface area contributed by atoms with Gasteiger partial charge in [-0.15, -0.1) is 0 Å². The minimum Gasteiger partial charge on any atom is -0.328 e. The standard InChI is InChI=1S/C6H13N.Mg/c7-6-4-2-1-3-5-6;/h6H,1-5,7H2;. The SMILES string of the molecule is NC1CCCCC1.[Mg]. The van der Waals surface area contributed by atoms with Crippen LogP contribution in [0.3, 0.4) is 0 Å². The lowest BCUT2D eigenvalue weighted by molar-refractivity contribution is 0.441. The topological polar surface area (TPSA) is 26.0 Å². The van der Waals surface area contributed by atoms with Gasteiger partial charge in [0.15, 0.2) is 0 Å². The molecule has 0 bridgehead atoms. The summed E-state index contributed by atoms with van der Waals surface area (Å²) in [5.41, 5.74) is 5.63. The van der Waals surface area contributed by atoms with Crippen LogP contribution in [0, 0.1) is 0 Å². The third-order valence-electron chi connectivity index (χ3n) is 1.65. The van der Waals surface area contributed by atoms with Crippen molar-refractivity contribution in [1.82, 2.24) is 0 Å². The Hall–Kier alpha value is 0.726. The molecule has 44 valence electrons. The number of hydrogen-bond donors (Lipinski definition) is 1. The zero-order chi connectivity index (χ0) is 5.11. The van der Waals surface area contributed by atoms with Crippen molar-refractivity contribution >= 4 is 23.1 Å². The lowest BCUT2D eigenvalue weighted by Gasteiger charge is -2.15. The molecule has 0 unspecified atom stereocenters. The summed E-state index contributed by atoms with van der Waals surface area (Å²) in [6, 6.07) is 0.536. The van der Waals surface area contributed by atoms with Crippen molar-refractivity contribution in [3.63, 3.8) is 0 Å². The Morgan fingerprint density at radius 2 is 1.50 bits per heavy atom. The molecular weight excluding hydrogens is 110 g/mol. The molecule has 0 aromatic heterocycles. The zero-order valence-corrected chi connectivity index (χ0v) is 6.81. The quantitative estimate of drug-likeness (QED) is 0.476. The molecule has 0 aliphatic heterocycles. The highest BCUT2D eigenvalue weighted by molar-refractivity contribution is 5.75. The average Bonchev–Trinajstić information content (AvgIpc) is 1.69. The Morgan fingerprint density at radius 3 is 1.75 bits per heavy atom. The van der Waals surface area contributed by atoms with Crippen molar-refractivity contribution in [2.75, 3.05) is 0 Å². The van der Waals surface area contributed by atoms with Crippen LogP contribution in [0.25, 0.3) is 0 Å². The summed E-state index contributed by atoms with van der Waals surface area (Å²) < 4.78 is 0. The smallest absolute Gasteiger partial charge is 0.00388 e. The van der Waals surface area contributed by atoms with E-state index in [-0.39, 0.29) is 23.1 Å². The fourth-order valence-electron chi connectivity index (χ4n) is 1.13. The molecule has 2 N–H and O–H groups in total. The van der Waals surface area contributed by atoms with E-state index < -0.39 is 0 Å². The molecule has 1 fully saturated rings. The maximum Gasteiger partial charge on any atom is 0.00388 e. The van der Waals surface area contributed by atoms with Crippen LogP contribution in [-0.2, 0) is 0 Å². The van der Waals surface area contributed by atoms with Gasteiger partial charge in [0.25, 0.3) is 0 Å². The van der Waals surface area contributed by atoms with Gasteiger partial charge in [-0.05, 0) is 12.8 Å². The first-order chi connectivity index (χ1) is 3.39. The molecule has 1 aliphatic carbocycles. The van der Waals surface area contributed by atoms with Gasteiger partial charge in [0.05, 0.1) is 0 Å². The van der Waals surface area contributed by atoms with Crippen molar-refractivity contribution < 1.29 is 0 Å². The Morgan fingerprint density at radius 1 is 1.00 bits per heavy atom. The van der Waals surface area contributed by atoms with Gasteiger partial charge < -0.3 is 5.73 Å². The second kappa shape index (κ2) is 4.59. The third kappa shape index (κ3) is 2.90. The normalized spacial score (nSPS) is 22.1. The summed E-state index contributed by atoms with van der Waals surface area (Å²) in [5.74, 6) is 0. The van der Waals surface area contributed by atoms with Crippen LogP contribution in [0.15, 0.2) is 0 Å². The van der Waals surface area contributed by atoms with Gasteiger partial charge in [0.1, 0.15) is 0 Å². The summed E-state index contributed by atoms with van der Waals surface area (Å²) in [4.78, 5) is 0. The first-order valence-corrected chi connectivity index (χ1v) is 3.15. The summed E-state index contributed by atoms with van der Waals surface area (Å²) in [6.45, 7) is 0. The lowest BCUT2D eigenvalue weighted by Crippen LogP contribution is -2.22. The van der Waals surface area contributed by atoms with Crippen LogP contribution in [-0.4, -0.2) is 29.1 Å². The predicted molar refractivity (Wildman–Crippen MR) is 36.8 cm³/mol. The summed E-state index contributed by atoms with van der Waals surface area (Å²) in [7, 11) is 0. The second-order valence-corrected chi connectivity index (χ2v) is 2.40. The largest absolute Gasteiger partial charge is 0.328 e. The molecule has 2 radical (unpaired) electrons. The maximum atomic E-state index is 5.63. The van der Waals surface area contributed by atoms with Gasteiger partial charge in [0.2, 0.25) is 0 Å². The van der Waals surface area contributed by atoms with Crippen molar-refractivity contribution in [3.05, 3.63) is 0 Å². The number of nitrogens with two attached hydrogens (primary N) is 1. The zero-order valence-electron chi connectivity index (χ0n) is 5.40. The van der Waals surface area contributed by atoms with Crippen LogP contribution in [0.2, 0.25) is 0 Å². The first-order valence-electron chi connectivity index (χ1n) is 3.15. The molecule has 0 heterocycles. The molecule has 8 heavy (non-hydrogen) atoms. The van der Waals surface area contributed by atoms with Gasteiger partial charge in [-0.2, -0.15) is 0 Å². The second-order valence-electron chi connectivity index (χ2n) is 2.40. The Bertz CT molecular complexity index is 50.5. The fourth-order valence-corrected chi connectivity index (χ4v) is 1.13. The lowest BCUT2D eigenvalue weighted by atomic mass is 9.97. The number of rotatable bonds is 0. The van der Waals surface area contributed by atoms with E-state index in [9.17, 15) is 0 Å². The van der Waals surface area contributed by atoms with Crippen molar-refractivity contribution in [1.29, 1.82) is 0 Å². The van der Waals surface area contributed by atoms with Crippen molar-refractivity contribution in [2.24, 2.45) is 5.73 Å². The van der Waals surface area contributed by atoms with E-state index in [1.165, 1.54) is 32.1 Å². The monoisotopic (exact) mass is 123 g/mol.